The SMILES string of the molecule is COc1ccc(S(=O)(=O)N2CCCCCC2)cc1C(=O)N(C)CCCc1ccccc1. The first-order valence-corrected chi connectivity index (χ1v) is 12.3. The molecular formula is C24H32N2O4S. The zero-order valence-electron chi connectivity index (χ0n) is 18.4. The predicted molar refractivity (Wildman–Crippen MR) is 122 cm³/mol. The fourth-order valence-electron chi connectivity index (χ4n) is 3.92. The van der Waals surface area contributed by atoms with Crippen molar-refractivity contribution in [2.45, 2.75) is 43.4 Å². The fourth-order valence-corrected chi connectivity index (χ4v) is 5.46. The highest BCUT2D eigenvalue weighted by Crippen LogP contribution is 2.27. The number of benzene rings is 2. The van der Waals surface area contributed by atoms with E-state index in [1.54, 1.807) is 22.3 Å². The van der Waals surface area contributed by atoms with E-state index in [9.17, 15) is 13.2 Å². The van der Waals surface area contributed by atoms with Gasteiger partial charge in [0.1, 0.15) is 5.75 Å². The zero-order valence-corrected chi connectivity index (χ0v) is 19.2. The molecule has 7 heteroatoms. The van der Waals surface area contributed by atoms with E-state index >= 15 is 0 Å². The van der Waals surface area contributed by atoms with Crippen LogP contribution < -0.4 is 4.74 Å². The van der Waals surface area contributed by atoms with Crippen molar-refractivity contribution in [2.24, 2.45) is 0 Å². The number of hydrogen-bond donors (Lipinski definition) is 0. The van der Waals surface area contributed by atoms with Crippen LogP contribution >= 0.6 is 0 Å². The number of amides is 1. The van der Waals surface area contributed by atoms with E-state index in [0.717, 1.165) is 38.5 Å². The summed E-state index contributed by atoms with van der Waals surface area (Å²) in [6, 6.07) is 14.7. The van der Waals surface area contributed by atoms with Gasteiger partial charge in [-0.15, -0.1) is 0 Å². The molecule has 0 bridgehead atoms. The van der Waals surface area contributed by atoms with E-state index in [2.05, 4.69) is 12.1 Å². The largest absolute Gasteiger partial charge is 0.496 e. The average Bonchev–Trinajstić information content (AvgIpc) is 3.09. The molecule has 0 saturated carbocycles. The van der Waals surface area contributed by atoms with Crippen LogP contribution in [0.15, 0.2) is 53.4 Å². The topological polar surface area (TPSA) is 66.9 Å². The molecule has 6 nitrogen and oxygen atoms in total. The normalized spacial score (nSPS) is 15.3. The van der Waals surface area contributed by atoms with Gasteiger partial charge in [0.15, 0.2) is 0 Å². The van der Waals surface area contributed by atoms with E-state index in [0.29, 0.717) is 25.4 Å². The third-order valence-corrected chi connectivity index (χ3v) is 7.65. The van der Waals surface area contributed by atoms with E-state index in [-0.39, 0.29) is 16.4 Å². The minimum atomic E-state index is -3.64. The first-order valence-electron chi connectivity index (χ1n) is 10.9. The number of ether oxygens (including phenoxy) is 1. The first-order chi connectivity index (χ1) is 14.9. The summed E-state index contributed by atoms with van der Waals surface area (Å²) in [6.45, 7) is 1.62. The van der Waals surface area contributed by atoms with E-state index in [1.165, 1.54) is 24.8 Å². The second-order valence-corrected chi connectivity index (χ2v) is 9.93. The fraction of sp³-hybridized carbons (Fsp3) is 0.458. The Balaban J connectivity index is 1.75. The lowest BCUT2D eigenvalue weighted by Gasteiger charge is -2.22. The van der Waals surface area contributed by atoms with Gasteiger partial charge in [0.25, 0.3) is 5.91 Å². The van der Waals surface area contributed by atoms with Crippen molar-refractivity contribution in [3.05, 3.63) is 59.7 Å². The third kappa shape index (κ3) is 5.86. The van der Waals surface area contributed by atoms with Crippen LogP contribution in [-0.2, 0) is 16.4 Å². The van der Waals surface area contributed by atoms with Crippen molar-refractivity contribution in [3.63, 3.8) is 0 Å². The summed E-state index contributed by atoms with van der Waals surface area (Å²) < 4.78 is 33.3. The Hall–Kier alpha value is -2.38. The molecule has 2 aromatic carbocycles. The number of aryl methyl sites for hydroxylation is 1. The number of methoxy groups -OCH3 is 1. The molecule has 0 aliphatic carbocycles. The van der Waals surface area contributed by atoms with Gasteiger partial charge in [-0.25, -0.2) is 8.42 Å². The lowest BCUT2D eigenvalue weighted by atomic mass is 10.1. The van der Waals surface area contributed by atoms with Crippen LogP contribution in [-0.4, -0.2) is 57.3 Å². The zero-order chi connectivity index (χ0) is 22.3. The Bertz CT molecular complexity index is 968. The summed E-state index contributed by atoms with van der Waals surface area (Å²) >= 11 is 0. The standard InChI is InChI=1S/C24H32N2O4S/c1-25(16-10-13-20-11-6-5-7-12-20)24(27)22-19-21(14-15-23(22)30-2)31(28,29)26-17-8-3-4-9-18-26/h5-7,11-12,14-15,19H,3-4,8-10,13,16-18H2,1-2H3. The minimum absolute atomic E-state index is 0.149. The van der Waals surface area contributed by atoms with Crippen molar-refractivity contribution >= 4 is 15.9 Å². The number of rotatable bonds is 8. The molecule has 1 amide bonds. The molecule has 0 spiro atoms. The maximum atomic E-state index is 13.2. The molecule has 0 unspecified atom stereocenters. The molecular weight excluding hydrogens is 412 g/mol. The van der Waals surface area contributed by atoms with E-state index in [1.807, 2.05) is 18.2 Å². The van der Waals surface area contributed by atoms with E-state index in [4.69, 9.17) is 4.74 Å². The van der Waals surface area contributed by atoms with Gasteiger partial charge >= 0.3 is 0 Å². The predicted octanol–water partition coefficient (Wildman–Crippen LogP) is 3.96. The number of nitrogens with zero attached hydrogens (tertiary/aromatic N) is 2. The molecule has 0 radical (unpaired) electrons. The Labute approximate surface area is 185 Å². The van der Waals surface area contributed by atoms with E-state index < -0.39 is 10.0 Å². The summed E-state index contributed by atoms with van der Waals surface area (Å²) in [5, 5.41) is 0. The quantitative estimate of drug-likeness (QED) is 0.618. The lowest BCUT2D eigenvalue weighted by molar-refractivity contribution is 0.0790. The van der Waals surface area contributed by atoms with Crippen LogP contribution in [0, 0.1) is 0 Å². The number of carbonyl (C=O) groups excluding carboxylic acids is 1. The lowest BCUT2D eigenvalue weighted by Crippen LogP contribution is -2.32. The molecule has 1 heterocycles. The van der Waals surface area contributed by atoms with Crippen LogP contribution in [0.25, 0.3) is 0 Å². The van der Waals surface area contributed by atoms with Gasteiger partial charge in [-0.1, -0.05) is 43.2 Å². The van der Waals surface area contributed by atoms with Crippen LogP contribution in [0.5, 0.6) is 5.75 Å². The third-order valence-electron chi connectivity index (χ3n) is 5.75. The molecule has 1 saturated heterocycles. The average molecular weight is 445 g/mol. The van der Waals surface area contributed by atoms with Gasteiger partial charge in [-0.05, 0) is 49.4 Å². The van der Waals surface area contributed by atoms with Crippen LogP contribution in [0.4, 0.5) is 0 Å². The molecule has 0 atom stereocenters. The van der Waals surface area contributed by atoms with Gasteiger partial charge in [0.05, 0.1) is 17.6 Å². The van der Waals surface area contributed by atoms with Crippen molar-refractivity contribution in [3.8, 4) is 5.75 Å². The second-order valence-electron chi connectivity index (χ2n) is 8.00. The Kier molecular flexibility index (Phi) is 8.09. The Morgan fingerprint density at radius 2 is 1.71 bits per heavy atom. The minimum Gasteiger partial charge on any atom is -0.496 e. The van der Waals surface area contributed by atoms with Gasteiger partial charge in [0, 0.05) is 26.7 Å². The second kappa shape index (κ2) is 10.8. The summed E-state index contributed by atoms with van der Waals surface area (Å²) in [5.41, 5.74) is 1.51. The highest BCUT2D eigenvalue weighted by atomic mass is 32.2. The molecule has 31 heavy (non-hydrogen) atoms. The molecule has 1 aliphatic heterocycles. The Morgan fingerprint density at radius 1 is 1.03 bits per heavy atom. The summed E-state index contributed by atoms with van der Waals surface area (Å²) in [7, 11) is -0.409. The van der Waals surface area contributed by atoms with Gasteiger partial charge in [-0.2, -0.15) is 4.31 Å². The van der Waals surface area contributed by atoms with Gasteiger partial charge in [-0.3, -0.25) is 4.79 Å². The molecule has 168 valence electrons. The molecule has 2 aromatic rings. The highest BCUT2D eigenvalue weighted by molar-refractivity contribution is 7.89. The summed E-state index contributed by atoms with van der Waals surface area (Å²) in [5.74, 6) is 0.146. The first kappa shape index (κ1) is 23.3. The Morgan fingerprint density at radius 3 is 2.35 bits per heavy atom. The molecule has 3 rings (SSSR count). The van der Waals surface area contributed by atoms with Gasteiger partial charge < -0.3 is 9.64 Å². The highest BCUT2D eigenvalue weighted by Gasteiger charge is 2.27. The van der Waals surface area contributed by atoms with Crippen molar-refractivity contribution < 1.29 is 17.9 Å². The summed E-state index contributed by atoms with van der Waals surface area (Å²) in [6.07, 6.45) is 5.52. The van der Waals surface area contributed by atoms with Crippen molar-refractivity contribution in [1.82, 2.24) is 9.21 Å². The van der Waals surface area contributed by atoms with Crippen molar-refractivity contribution in [1.29, 1.82) is 0 Å². The number of carbonyl (C=O) groups is 1. The number of sulfonamides is 1. The van der Waals surface area contributed by atoms with Gasteiger partial charge in [0.2, 0.25) is 10.0 Å². The maximum Gasteiger partial charge on any atom is 0.257 e. The molecule has 1 aliphatic rings. The number of hydrogen-bond acceptors (Lipinski definition) is 4. The van der Waals surface area contributed by atoms with Crippen molar-refractivity contribution in [2.75, 3.05) is 33.8 Å². The van der Waals surface area contributed by atoms with Crippen LogP contribution in [0.2, 0.25) is 0 Å². The maximum absolute atomic E-state index is 13.2. The van der Waals surface area contributed by atoms with Crippen LogP contribution in [0.1, 0.15) is 48.0 Å². The molecule has 0 aromatic heterocycles. The van der Waals surface area contributed by atoms with Crippen LogP contribution in [0.3, 0.4) is 0 Å². The monoisotopic (exact) mass is 444 g/mol. The summed E-state index contributed by atoms with van der Waals surface area (Å²) in [4.78, 5) is 14.9. The smallest absolute Gasteiger partial charge is 0.257 e. The molecule has 1 fully saturated rings. The molecule has 0 N–H and O–H groups in total.